The SMILES string of the molecule is COc1cccc(N2CCC(Oc3ccc(N4CCC[C@@H]4CC(=O)O)cc3)CC2)c1. The number of nitrogens with zero attached hydrogens (tertiary/aromatic N) is 2. The standard InChI is InChI=1S/C24H30N2O4/c1-29-23-6-2-4-19(16-23)25-14-11-22(12-15-25)30-21-9-7-18(8-10-21)26-13-3-5-20(26)17-24(27)28/h2,4,6-10,16,20,22H,3,5,11-15,17H2,1H3,(H,27,28)/t20-/m1/s1. The maximum atomic E-state index is 11.1. The first-order chi connectivity index (χ1) is 14.6. The van der Waals surface area contributed by atoms with Crippen LogP contribution in [0.15, 0.2) is 48.5 Å². The Morgan fingerprint density at radius 1 is 1.00 bits per heavy atom. The van der Waals surface area contributed by atoms with Gasteiger partial charge in [0, 0.05) is 56.0 Å². The third-order valence-electron chi connectivity index (χ3n) is 6.12. The topological polar surface area (TPSA) is 62.2 Å². The van der Waals surface area contributed by atoms with Gasteiger partial charge in [0.25, 0.3) is 0 Å². The van der Waals surface area contributed by atoms with E-state index < -0.39 is 5.97 Å². The lowest BCUT2D eigenvalue weighted by Crippen LogP contribution is -2.38. The molecule has 2 aliphatic rings. The van der Waals surface area contributed by atoms with Crippen LogP contribution in [0.1, 0.15) is 32.1 Å². The summed E-state index contributed by atoms with van der Waals surface area (Å²) >= 11 is 0. The fourth-order valence-electron chi connectivity index (χ4n) is 4.54. The van der Waals surface area contributed by atoms with Crippen molar-refractivity contribution in [3.63, 3.8) is 0 Å². The van der Waals surface area contributed by atoms with Crippen molar-refractivity contribution in [1.29, 1.82) is 0 Å². The molecule has 0 radical (unpaired) electrons. The molecule has 2 aromatic carbocycles. The minimum atomic E-state index is -0.729. The number of aliphatic carboxylic acids is 1. The average molecular weight is 411 g/mol. The van der Waals surface area contributed by atoms with Crippen molar-refractivity contribution in [3.05, 3.63) is 48.5 Å². The zero-order chi connectivity index (χ0) is 20.9. The number of piperidine rings is 1. The first-order valence-electron chi connectivity index (χ1n) is 10.8. The van der Waals surface area contributed by atoms with Gasteiger partial charge in [0.1, 0.15) is 17.6 Å². The Balaban J connectivity index is 1.31. The van der Waals surface area contributed by atoms with Gasteiger partial charge in [-0.25, -0.2) is 0 Å². The first-order valence-corrected chi connectivity index (χ1v) is 10.8. The number of anilines is 2. The van der Waals surface area contributed by atoms with E-state index in [2.05, 4.69) is 34.1 Å². The molecule has 1 atom stereocenters. The van der Waals surface area contributed by atoms with Crippen LogP contribution in [-0.4, -0.2) is 50.0 Å². The molecule has 2 aromatic rings. The van der Waals surface area contributed by atoms with E-state index in [1.165, 1.54) is 5.69 Å². The van der Waals surface area contributed by atoms with Crippen molar-refractivity contribution in [2.24, 2.45) is 0 Å². The van der Waals surface area contributed by atoms with Crippen LogP contribution in [0.25, 0.3) is 0 Å². The van der Waals surface area contributed by atoms with Crippen LogP contribution in [0.5, 0.6) is 11.5 Å². The number of benzene rings is 2. The molecule has 0 unspecified atom stereocenters. The summed E-state index contributed by atoms with van der Waals surface area (Å²) < 4.78 is 11.6. The molecule has 0 aliphatic carbocycles. The minimum absolute atomic E-state index is 0.0928. The molecule has 0 amide bonds. The second-order valence-corrected chi connectivity index (χ2v) is 8.09. The Morgan fingerprint density at radius 3 is 2.47 bits per heavy atom. The largest absolute Gasteiger partial charge is 0.497 e. The Kier molecular flexibility index (Phi) is 6.31. The Morgan fingerprint density at radius 2 is 1.77 bits per heavy atom. The van der Waals surface area contributed by atoms with Crippen molar-refractivity contribution in [2.75, 3.05) is 36.5 Å². The number of rotatable bonds is 7. The minimum Gasteiger partial charge on any atom is -0.497 e. The second kappa shape index (κ2) is 9.28. The number of methoxy groups -OCH3 is 1. The van der Waals surface area contributed by atoms with Crippen LogP contribution >= 0.6 is 0 Å². The summed E-state index contributed by atoms with van der Waals surface area (Å²) in [5.41, 5.74) is 2.28. The van der Waals surface area contributed by atoms with E-state index in [0.717, 1.165) is 62.5 Å². The van der Waals surface area contributed by atoms with Gasteiger partial charge >= 0.3 is 5.97 Å². The monoisotopic (exact) mass is 410 g/mol. The predicted octanol–water partition coefficient (Wildman–Crippen LogP) is 4.19. The van der Waals surface area contributed by atoms with E-state index in [1.54, 1.807) is 7.11 Å². The lowest BCUT2D eigenvalue weighted by Gasteiger charge is -2.34. The summed E-state index contributed by atoms with van der Waals surface area (Å²) in [5.74, 6) is 1.04. The van der Waals surface area contributed by atoms with Crippen LogP contribution in [0.2, 0.25) is 0 Å². The van der Waals surface area contributed by atoms with Crippen LogP contribution in [0.3, 0.4) is 0 Å². The fourth-order valence-corrected chi connectivity index (χ4v) is 4.54. The number of hydrogen-bond acceptors (Lipinski definition) is 5. The highest BCUT2D eigenvalue weighted by atomic mass is 16.5. The van der Waals surface area contributed by atoms with E-state index in [1.807, 2.05) is 24.3 Å². The van der Waals surface area contributed by atoms with Gasteiger partial charge in [-0.05, 0) is 49.2 Å². The molecule has 30 heavy (non-hydrogen) atoms. The molecule has 1 N–H and O–H groups in total. The molecule has 2 heterocycles. The quantitative estimate of drug-likeness (QED) is 0.739. The molecule has 6 nitrogen and oxygen atoms in total. The van der Waals surface area contributed by atoms with Crippen LogP contribution in [-0.2, 0) is 4.79 Å². The summed E-state index contributed by atoms with van der Waals surface area (Å²) in [4.78, 5) is 15.7. The van der Waals surface area contributed by atoms with Crippen molar-refractivity contribution in [2.45, 2.75) is 44.2 Å². The van der Waals surface area contributed by atoms with Gasteiger partial charge < -0.3 is 24.4 Å². The number of ether oxygens (including phenoxy) is 2. The molecule has 0 aromatic heterocycles. The molecular weight excluding hydrogens is 380 g/mol. The molecule has 2 fully saturated rings. The third-order valence-corrected chi connectivity index (χ3v) is 6.12. The third kappa shape index (κ3) is 4.81. The first kappa shape index (κ1) is 20.4. The van der Waals surface area contributed by atoms with Crippen molar-refractivity contribution < 1.29 is 19.4 Å². The predicted molar refractivity (Wildman–Crippen MR) is 118 cm³/mol. The normalized spacial score (nSPS) is 19.7. The maximum Gasteiger partial charge on any atom is 0.305 e. The lowest BCUT2D eigenvalue weighted by molar-refractivity contribution is -0.137. The maximum absolute atomic E-state index is 11.1. The molecule has 0 bridgehead atoms. The van der Waals surface area contributed by atoms with E-state index in [0.29, 0.717) is 0 Å². The molecule has 2 aliphatic heterocycles. The molecule has 4 rings (SSSR count). The van der Waals surface area contributed by atoms with Crippen LogP contribution < -0.4 is 19.3 Å². The average Bonchev–Trinajstić information content (AvgIpc) is 3.22. The fraction of sp³-hybridized carbons (Fsp3) is 0.458. The van der Waals surface area contributed by atoms with E-state index in [-0.39, 0.29) is 18.6 Å². The van der Waals surface area contributed by atoms with Gasteiger partial charge in [0.05, 0.1) is 13.5 Å². The Hall–Kier alpha value is -2.89. The van der Waals surface area contributed by atoms with Gasteiger partial charge in [-0.3, -0.25) is 4.79 Å². The molecule has 160 valence electrons. The molecular formula is C24H30N2O4. The number of hydrogen-bond donors (Lipinski definition) is 1. The second-order valence-electron chi connectivity index (χ2n) is 8.09. The van der Waals surface area contributed by atoms with Gasteiger partial charge in [-0.2, -0.15) is 0 Å². The highest BCUT2D eigenvalue weighted by molar-refractivity contribution is 5.69. The van der Waals surface area contributed by atoms with Gasteiger partial charge in [0.2, 0.25) is 0 Å². The summed E-state index contributed by atoms with van der Waals surface area (Å²) in [5, 5.41) is 9.13. The summed E-state index contributed by atoms with van der Waals surface area (Å²) in [6.07, 6.45) is 4.35. The zero-order valence-electron chi connectivity index (χ0n) is 17.5. The highest BCUT2D eigenvalue weighted by Crippen LogP contribution is 2.30. The van der Waals surface area contributed by atoms with Crippen LogP contribution in [0.4, 0.5) is 11.4 Å². The molecule has 0 spiro atoms. The van der Waals surface area contributed by atoms with Crippen molar-refractivity contribution >= 4 is 17.3 Å². The summed E-state index contributed by atoms with van der Waals surface area (Å²) in [6, 6.07) is 16.4. The van der Waals surface area contributed by atoms with E-state index in [4.69, 9.17) is 14.6 Å². The lowest BCUT2D eigenvalue weighted by atomic mass is 10.1. The van der Waals surface area contributed by atoms with Crippen LogP contribution in [0, 0.1) is 0 Å². The Labute approximate surface area is 178 Å². The van der Waals surface area contributed by atoms with Crippen molar-refractivity contribution in [1.82, 2.24) is 0 Å². The summed E-state index contributed by atoms with van der Waals surface area (Å²) in [7, 11) is 1.69. The number of carboxylic acids is 1. The molecule has 0 saturated carbocycles. The smallest absolute Gasteiger partial charge is 0.305 e. The van der Waals surface area contributed by atoms with Gasteiger partial charge in [0.15, 0.2) is 0 Å². The number of carboxylic acid groups (broad SMARTS) is 1. The highest BCUT2D eigenvalue weighted by Gasteiger charge is 2.27. The summed E-state index contributed by atoms with van der Waals surface area (Å²) in [6.45, 7) is 2.84. The molecule has 2 saturated heterocycles. The Bertz CT molecular complexity index is 847. The van der Waals surface area contributed by atoms with Gasteiger partial charge in [-0.1, -0.05) is 6.07 Å². The zero-order valence-corrected chi connectivity index (χ0v) is 17.5. The van der Waals surface area contributed by atoms with Gasteiger partial charge in [-0.15, -0.1) is 0 Å². The van der Waals surface area contributed by atoms with Crippen molar-refractivity contribution in [3.8, 4) is 11.5 Å². The van der Waals surface area contributed by atoms with E-state index in [9.17, 15) is 4.79 Å². The number of carbonyl (C=O) groups is 1. The van der Waals surface area contributed by atoms with E-state index >= 15 is 0 Å². The molecule has 6 heteroatoms.